The molecule has 2 unspecified atom stereocenters. The average molecular weight is 189 g/mol. The van der Waals surface area contributed by atoms with E-state index in [1.54, 1.807) is 14.0 Å². The monoisotopic (exact) mass is 189 g/mol. The van der Waals surface area contributed by atoms with Gasteiger partial charge >= 0.3 is 0 Å². The molecule has 2 amide bonds. The van der Waals surface area contributed by atoms with Gasteiger partial charge in [-0.2, -0.15) is 0 Å². The lowest BCUT2D eigenvalue weighted by Gasteiger charge is -2.12. The van der Waals surface area contributed by atoms with Crippen LogP contribution in [0.4, 0.5) is 0 Å². The van der Waals surface area contributed by atoms with Crippen molar-refractivity contribution in [3.05, 3.63) is 0 Å². The molecule has 0 saturated heterocycles. The highest BCUT2D eigenvalue weighted by Crippen LogP contribution is 1.82. The van der Waals surface area contributed by atoms with Crippen molar-refractivity contribution in [2.24, 2.45) is 5.73 Å². The topological polar surface area (TPSA) is 104 Å². The predicted octanol–water partition coefficient (Wildman–Crippen LogP) is -2.44. The van der Waals surface area contributed by atoms with Crippen LogP contribution in [0.3, 0.4) is 0 Å². The summed E-state index contributed by atoms with van der Waals surface area (Å²) < 4.78 is 0. The molecule has 0 rings (SSSR count). The number of nitrogens with two attached hydrogens (primary N) is 1. The van der Waals surface area contributed by atoms with E-state index in [4.69, 9.17) is 10.8 Å². The van der Waals surface area contributed by atoms with Gasteiger partial charge in [-0.1, -0.05) is 0 Å². The summed E-state index contributed by atoms with van der Waals surface area (Å²) in [5.74, 6) is -1.14. The minimum Gasteiger partial charge on any atom is -0.381 e. The van der Waals surface area contributed by atoms with Crippen LogP contribution in [0.5, 0.6) is 0 Å². The Morgan fingerprint density at radius 1 is 1.54 bits per heavy atom. The first-order valence-electron chi connectivity index (χ1n) is 3.91. The van der Waals surface area contributed by atoms with E-state index in [0.29, 0.717) is 0 Å². The van der Waals surface area contributed by atoms with Crippen molar-refractivity contribution in [2.75, 3.05) is 13.6 Å². The van der Waals surface area contributed by atoms with Crippen LogP contribution in [0.2, 0.25) is 0 Å². The van der Waals surface area contributed by atoms with Gasteiger partial charge in [0, 0.05) is 0 Å². The Hall–Kier alpha value is -1.14. The number of hydrogen-bond acceptors (Lipinski definition) is 4. The Labute approximate surface area is 76.5 Å². The van der Waals surface area contributed by atoms with Gasteiger partial charge in [0.1, 0.15) is 6.10 Å². The molecule has 76 valence electrons. The lowest BCUT2D eigenvalue weighted by atomic mass is 10.3. The first-order chi connectivity index (χ1) is 5.99. The molecule has 6 nitrogen and oxygen atoms in total. The molecule has 2 atom stereocenters. The Kier molecular flexibility index (Phi) is 5.01. The molecule has 0 aliphatic heterocycles. The van der Waals surface area contributed by atoms with E-state index < -0.39 is 12.0 Å². The summed E-state index contributed by atoms with van der Waals surface area (Å²) in [6.45, 7) is 1.51. The summed E-state index contributed by atoms with van der Waals surface area (Å²) in [7, 11) is 1.63. The Morgan fingerprint density at radius 3 is 2.46 bits per heavy atom. The molecule has 13 heavy (non-hydrogen) atoms. The van der Waals surface area contributed by atoms with E-state index in [-0.39, 0.29) is 18.5 Å². The minimum absolute atomic E-state index is 0.153. The quantitative estimate of drug-likeness (QED) is 0.385. The van der Waals surface area contributed by atoms with Crippen molar-refractivity contribution >= 4 is 11.8 Å². The number of likely N-dealkylation sites (N-methyl/N-ethyl adjacent to an activating group) is 1. The van der Waals surface area contributed by atoms with Gasteiger partial charge in [0.05, 0.1) is 12.6 Å². The van der Waals surface area contributed by atoms with Gasteiger partial charge in [0.2, 0.25) is 11.8 Å². The number of amides is 2. The van der Waals surface area contributed by atoms with Crippen molar-refractivity contribution in [1.29, 1.82) is 0 Å². The largest absolute Gasteiger partial charge is 0.381 e. The maximum atomic E-state index is 11.1. The van der Waals surface area contributed by atoms with E-state index in [9.17, 15) is 9.59 Å². The fourth-order valence-corrected chi connectivity index (χ4v) is 0.582. The maximum Gasteiger partial charge on any atom is 0.248 e. The zero-order valence-corrected chi connectivity index (χ0v) is 7.70. The number of carbonyl (C=O) groups excluding carboxylic acids is 2. The number of carbonyl (C=O) groups is 2. The van der Waals surface area contributed by atoms with Crippen LogP contribution >= 0.6 is 0 Å². The van der Waals surface area contributed by atoms with Crippen molar-refractivity contribution < 1.29 is 14.7 Å². The first kappa shape index (κ1) is 11.9. The molecule has 6 heteroatoms. The van der Waals surface area contributed by atoms with Crippen LogP contribution in [0.25, 0.3) is 0 Å². The van der Waals surface area contributed by atoms with E-state index in [2.05, 4.69) is 10.6 Å². The van der Waals surface area contributed by atoms with E-state index in [0.717, 1.165) is 0 Å². The molecule has 0 heterocycles. The summed E-state index contributed by atoms with van der Waals surface area (Å²) in [6, 6.07) is -0.361. The van der Waals surface area contributed by atoms with Crippen LogP contribution in [0, 0.1) is 0 Å². The molecular weight excluding hydrogens is 174 g/mol. The van der Waals surface area contributed by atoms with E-state index >= 15 is 0 Å². The number of primary amides is 1. The van der Waals surface area contributed by atoms with Gasteiger partial charge in [-0.15, -0.1) is 0 Å². The fourth-order valence-electron chi connectivity index (χ4n) is 0.582. The van der Waals surface area contributed by atoms with Gasteiger partial charge in [0.25, 0.3) is 0 Å². The summed E-state index contributed by atoms with van der Waals surface area (Å²) in [5, 5.41) is 14.0. The van der Waals surface area contributed by atoms with Crippen molar-refractivity contribution in [2.45, 2.75) is 19.1 Å². The molecule has 0 aromatic carbocycles. The molecule has 0 fully saturated rings. The van der Waals surface area contributed by atoms with E-state index in [1.165, 1.54) is 0 Å². The Balaban J connectivity index is 3.76. The molecule has 0 spiro atoms. The SMILES string of the molecule is CNC(C)C(=O)NCC(O)C(N)=O. The third-order valence-corrected chi connectivity index (χ3v) is 1.62. The highest BCUT2D eigenvalue weighted by atomic mass is 16.3. The predicted molar refractivity (Wildman–Crippen MR) is 46.7 cm³/mol. The van der Waals surface area contributed by atoms with Gasteiger partial charge in [-0.25, -0.2) is 0 Å². The lowest BCUT2D eigenvalue weighted by molar-refractivity contribution is -0.127. The van der Waals surface area contributed by atoms with Crippen LogP contribution in [-0.4, -0.2) is 42.7 Å². The Morgan fingerprint density at radius 2 is 2.08 bits per heavy atom. The molecule has 0 aliphatic rings. The number of rotatable bonds is 5. The maximum absolute atomic E-state index is 11.1. The zero-order chi connectivity index (χ0) is 10.4. The number of nitrogens with one attached hydrogen (secondary N) is 2. The average Bonchev–Trinajstić information content (AvgIpc) is 2.11. The summed E-state index contributed by atoms with van der Waals surface area (Å²) in [6.07, 6.45) is -1.33. The molecule has 0 aromatic rings. The van der Waals surface area contributed by atoms with Gasteiger partial charge in [-0.05, 0) is 14.0 Å². The molecule has 0 aromatic heterocycles. The summed E-state index contributed by atoms with van der Waals surface area (Å²) >= 11 is 0. The molecule has 0 radical (unpaired) electrons. The normalized spacial score (nSPS) is 14.7. The van der Waals surface area contributed by atoms with Crippen molar-refractivity contribution in [3.8, 4) is 0 Å². The molecular formula is C7H15N3O3. The van der Waals surface area contributed by atoms with E-state index in [1.807, 2.05) is 0 Å². The van der Waals surface area contributed by atoms with Gasteiger partial charge in [-0.3, -0.25) is 9.59 Å². The third kappa shape index (κ3) is 4.44. The first-order valence-corrected chi connectivity index (χ1v) is 3.91. The minimum atomic E-state index is -1.33. The summed E-state index contributed by atoms with van der Waals surface area (Å²) in [5.41, 5.74) is 4.77. The second-order valence-electron chi connectivity index (χ2n) is 2.67. The highest BCUT2D eigenvalue weighted by molar-refractivity contribution is 5.83. The summed E-state index contributed by atoms with van der Waals surface area (Å²) in [4.78, 5) is 21.4. The number of hydrogen-bond donors (Lipinski definition) is 4. The third-order valence-electron chi connectivity index (χ3n) is 1.62. The molecule has 0 bridgehead atoms. The lowest BCUT2D eigenvalue weighted by Crippen LogP contribution is -2.46. The second-order valence-corrected chi connectivity index (χ2v) is 2.67. The molecule has 5 N–H and O–H groups in total. The van der Waals surface area contributed by atoms with Crippen LogP contribution in [0.1, 0.15) is 6.92 Å². The number of aliphatic hydroxyl groups is 1. The fraction of sp³-hybridized carbons (Fsp3) is 0.714. The second kappa shape index (κ2) is 5.50. The smallest absolute Gasteiger partial charge is 0.248 e. The standard InChI is InChI=1S/C7H15N3O3/c1-4(9-2)7(13)10-3-5(11)6(8)12/h4-5,9,11H,3H2,1-2H3,(H2,8,12)(H,10,13). The Bertz CT molecular complexity index is 195. The molecule has 0 aliphatic carbocycles. The van der Waals surface area contributed by atoms with Crippen LogP contribution < -0.4 is 16.4 Å². The number of aliphatic hydroxyl groups excluding tert-OH is 1. The highest BCUT2D eigenvalue weighted by Gasteiger charge is 2.14. The van der Waals surface area contributed by atoms with Crippen LogP contribution in [0.15, 0.2) is 0 Å². The van der Waals surface area contributed by atoms with Gasteiger partial charge < -0.3 is 21.5 Å². The zero-order valence-electron chi connectivity index (χ0n) is 7.70. The molecule has 0 saturated carbocycles. The van der Waals surface area contributed by atoms with Crippen molar-refractivity contribution in [1.82, 2.24) is 10.6 Å². The van der Waals surface area contributed by atoms with Gasteiger partial charge in [0.15, 0.2) is 0 Å². The van der Waals surface area contributed by atoms with Crippen LogP contribution in [-0.2, 0) is 9.59 Å². The van der Waals surface area contributed by atoms with Crippen molar-refractivity contribution in [3.63, 3.8) is 0 Å².